The van der Waals surface area contributed by atoms with Gasteiger partial charge in [-0.3, -0.25) is 4.90 Å². The Morgan fingerprint density at radius 1 is 1.10 bits per heavy atom. The van der Waals surface area contributed by atoms with Gasteiger partial charge in [0.25, 0.3) is 0 Å². The Hall–Kier alpha value is -1.96. The van der Waals surface area contributed by atoms with Crippen LogP contribution in [0.25, 0.3) is 0 Å². The minimum Gasteiger partial charge on any atom is -0.493 e. The van der Waals surface area contributed by atoms with E-state index in [1.807, 2.05) is 19.1 Å². The van der Waals surface area contributed by atoms with E-state index < -0.39 is 17.8 Å². The number of methoxy groups -OCH3 is 1. The van der Waals surface area contributed by atoms with Gasteiger partial charge in [0.2, 0.25) is 0 Å². The van der Waals surface area contributed by atoms with E-state index in [0.717, 1.165) is 30.8 Å². The standard InChI is InChI=1S/C21H24ClF3N2O2/c1-3-29-19-12-14(4-7-18(19)28-2)20(27-10-8-26-9-11-27)16-13-15(21(23,24)25)5-6-17(16)22/h4-7,12-13,20,26H,3,8-11H2,1-2H3. The van der Waals surface area contributed by atoms with Gasteiger partial charge in [-0.2, -0.15) is 13.2 Å². The second-order valence-electron chi connectivity index (χ2n) is 6.77. The lowest BCUT2D eigenvalue weighted by molar-refractivity contribution is -0.137. The first-order valence-corrected chi connectivity index (χ1v) is 9.85. The van der Waals surface area contributed by atoms with E-state index in [1.165, 1.54) is 6.07 Å². The highest BCUT2D eigenvalue weighted by Crippen LogP contribution is 2.40. The predicted octanol–water partition coefficient (Wildman–Crippen LogP) is 4.76. The third kappa shape index (κ3) is 4.97. The van der Waals surface area contributed by atoms with Crippen LogP contribution in [0.2, 0.25) is 5.02 Å². The van der Waals surface area contributed by atoms with E-state index in [1.54, 1.807) is 13.2 Å². The van der Waals surface area contributed by atoms with Crippen LogP contribution in [0.3, 0.4) is 0 Å². The van der Waals surface area contributed by atoms with E-state index in [-0.39, 0.29) is 0 Å². The average Bonchev–Trinajstić information content (AvgIpc) is 2.70. The zero-order valence-electron chi connectivity index (χ0n) is 16.4. The van der Waals surface area contributed by atoms with Gasteiger partial charge in [0.1, 0.15) is 0 Å². The molecule has 0 amide bonds. The Morgan fingerprint density at radius 3 is 2.45 bits per heavy atom. The van der Waals surface area contributed by atoms with Crippen LogP contribution in [0.1, 0.15) is 29.7 Å². The van der Waals surface area contributed by atoms with Gasteiger partial charge in [0.15, 0.2) is 11.5 Å². The molecule has 1 N–H and O–H groups in total. The summed E-state index contributed by atoms with van der Waals surface area (Å²) in [6, 6.07) is 8.51. The number of hydrogen-bond donors (Lipinski definition) is 1. The molecule has 0 aliphatic carbocycles. The molecule has 0 radical (unpaired) electrons. The lowest BCUT2D eigenvalue weighted by atomic mass is 9.94. The third-order valence-electron chi connectivity index (χ3n) is 4.94. The van der Waals surface area contributed by atoms with E-state index in [9.17, 15) is 13.2 Å². The number of hydrogen-bond acceptors (Lipinski definition) is 4. The molecule has 4 nitrogen and oxygen atoms in total. The monoisotopic (exact) mass is 428 g/mol. The maximum Gasteiger partial charge on any atom is 0.416 e. The maximum atomic E-state index is 13.4. The summed E-state index contributed by atoms with van der Waals surface area (Å²) in [4.78, 5) is 2.13. The molecule has 1 saturated heterocycles. The van der Waals surface area contributed by atoms with Gasteiger partial charge in [0, 0.05) is 31.2 Å². The molecule has 1 heterocycles. The number of nitrogens with one attached hydrogen (secondary N) is 1. The van der Waals surface area contributed by atoms with Crippen molar-refractivity contribution in [2.24, 2.45) is 0 Å². The molecule has 0 aromatic heterocycles. The van der Waals surface area contributed by atoms with Gasteiger partial charge in [-0.15, -0.1) is 0 Å². The summed E-state index contributed by atoms with van der Waals surface area (Å²) in [6.45, 7) is 5.19. The molecule has 1 atom stereocenters. The molecule has 0 saturated carbocycles. The minimum atomic E-state index is -4.44. The highest BCUT2D eigenvalue weighted by molar-refractivity contribution is 6.31. The zero-order valence-corrected chi connectivity index (χ0v) is 17.1. The summed E-state index contributed by atoms with van der Waals surface area (Å²) in [5.41, 5.74) is 0.518. The number of ether oxygens (including phenoxy) is 2. The molecule has 1 unspecified atom stereocenters. The third-order valence-corrected chi connectivity index (χ3v) is 5.28. The number of piperazine rings is 1. The van der Waals surface area contributed by atoms with Crippen LogP contribution >= 0.6 is 11.6 Å². The summed E-state index contributed by atoms with van der Waals surface area (Å²) >= 11 is 6.40. The molecule has 0 bridgehead atoms. The van der Waals surface area contributed by atoms with Crippen LogP contribution in [0.4, 0.5) is 13.2 Å². The van der Waals surface area contributed by atoms with E-state index >= 15 is 0 Å². The quantitative estimate of drug-likeness (QED) is 0.719. The van der Waals surface area contributed by atoms with Crippen LogP contribution in [-0.4, -0.2) is 44.8 Å². The second kappa shape index (κ2) is 9.24. The van der Waals surface area contributed by atoms with Gasteiger partial charge in [-0.25, -0.2) is 0 Å². The number of halogens is 4. The summed E-state index contributed by atoms with van der Waals surface area (Å²) in [5.74, 6) is 1.13. The van der Waals surface area contributed by atoms with Gasteiger partial charge in [-0.05, 0) is 48.4 Å². The molecule has 2 aromatic carbocycles. The Balaban J connectivity index is 2.13. The smallest absolute Gasteiger partial charge is 0.416 e. The fourth-order valence-corrected chi connectivity index (χ4v) is 3.81. The second-order valence-corrected chi connectivity index (χ2v) is 7.17. The molecule has 0 spiro atoms. The highest BCUT2D eigenvalue weighted by atomic mass is 35.5. The molecule has 29 heavy (non-hydrogen) atoms. The fourth-order valence-electron chi connectivity index (χ4n) is 3.59. The molecule has 2 aromatic rings. The predicted molar refractivity (Wildman–Crippen MR) is 107 cm³/mol. The lowest BCUT2D eigenvalue weighted by Crippen LogP contribution is -2.45. The summed E-state index contributed by atoms with van der Waals surface area (Å²) < 4.78 is 51.1. The van der Waals surface area contributed by atoms with Crippen molar-refractivity contribution in [3.8, 4) is 11.5 Å². The SMILES string of the molecule is CCOc1cc(C(c2cc(C(F)(F)F)ccc2Cl)N2CCNCC2)ccc1OC. The molecular weight excluding hydrogens is 405 g/mol. The Labute approximate surface area is 173 Å². The van der Waals surface area contributed by atoms with Gasteiger partial charge >= 0.3 is 6.18 Å². The van der Waals surface area contributed by atoms with Crippen molar-refractivity contribution in [3.05, 3.63) is 58.1 Å². The van der Waals surface area contributed by atoms with Gasteiger partial charge in [-0.1, -0.05) is 17.7 Å². The molecule has 3 rings (SSSR count). The summed E-state index contributed by atoms with van der Waals surface area (Å²) in [5, 5.41) is 3.57. The minimum absolute atomic E-state index is 0.301. The zero-order chi connectivity index (χ0) is 21.0. The van der Waals surface area contributed by atoms with Crippen LogP contribution in [0.15, 0.2) is 36.4 Å². The first-order valence-electron chi connectivity index (χ1n) is 9.47. The van der Waals surface area contributed by atoms with Crippen LogP contribution in [0.5, 0.6) is 11.5 Å². The first kappa shape index (κ1) is 21.7. The summed E-state index contributed by atoms with van der Waals surface area (Å²) in [6.07, 6.45) is -4.44. The van der Waals surface area contributed by atoms with Crippen LogP contribution < -0.4 is 14.8 Å². The highest BCUT2D eigenvalue weighted by Gasteiger charge is 2.33. The molecular formula is C21H24ClF3N2O2. The normalized spacial score (nSPS) is 16.5. The van der Waals surface area contributed by atoms with E-state index in [2.05, 4.69) is 10.2 Å². The Bertz CT molecular complexity index is 839. The molecule has 158 valence electrons. The van der Waals surface area contributed by atoms with Crippen molar-refractivity contribution < 1.29 is 22.6 Å². The van der Waals surface area contributed by atoms with Crippen LogP contribution in [-0.2, 0) is 6.18 Å². The van der Waals surface area contributed by atoms with Gasteiger partial charge in [0.05, 0.1) is 25.3 Å². The van der Waals surface area contributed by atoms with Crippen molar-refractivity contribution in [1.29, 1.82) is 0 Å². The first-order chi connectivity index (χ1) is 13.8. The lowest BCUT2D eigenvalue weighted by Gasteiger charge is -2.36. The molecule has 8 heteroatoms. The Kier molecular flexibility index (Phi) is 6.93. The van der Waals surface area contributed by atoms with Crippen molar-refractivity contribution in [1.82, 2.24) is 10.2 Å². The van der Waals surface area contributed by atoms with Crippen molar-refractivity contribution in [2.45, 2.75) is 19.1 Å². The van der Waals surface area contributed by atoms with Crippen molar-refractivity contribution in [3.63, 3.8) is 0 Å². The fraction of sp³-hybridized carbons (Fsp3) is 0.429. The summed E-state index contributed by atoms with van der Waals surface area (Å²) in [7, 11) is 1.55. The number of benzene rings is 2. The van der Waals surface area contributed by atoms with E-state index in [4.69, 9.17) is 21.1 Å². The topological polar surface area (TPSA) is 33.7 Å². The molecule has 1 fully saturated rings. The number of rotatable bonds is 6. The Morgan fingerprint density at radius 2 is 1.83 bits per heavy atom. The molecule has 1 aliphatic rings. The average molecular weight is 429 g/mol. The van der Waals surface area contributed by atoms with Gasteiger partial charge < -0.3 is 14.8 Å². The van der Waals surface area contributed by atoms with Crippen molar-refractivity contribution >= 4 is 11.6 Å². The van der Waals surface area contributed by atoms with Crippen molar-refractivity contribution in [2.75, 3.05) is 39.9 Å². The molecule has 1 aliphatic heterocycles. The number of alkyl halides is 3. The largest absolute Gasteiger partial charge is 0.493 e. The van der Waals surface area contributed by atoms with E-state index in [0.29, 0.717) is 41.8 Å². The number of nitrogens with zero attached hydrogens (tertiary/aromatic N) is 1. The van der Waals surface area contributed by atoms with Crippen LogP contribution in [0, 0.1) is 0 Å². The maximum absolute atomic E-state index is 13.4.